The molecular weight excluding hydrogens is 244 g/mol. The maximum absolute atomic E-state index is 5.70. The Morgan fingerprint density at radius 1 is 0.929 bits per heavy atom. The highest BCUT2D eigenvalue weighted by atomic mass is 79.9. The molecule has 0 saturated heterocycles. The van der Waals surface area contributed by atoms with E-state index in [1.807, 2.05) is 0 Å². The van der Waals surface area contributed by atoms with Crippen molar-refractivity contribution in [1.82, 2.24) is 0 Å². The van der Waals surface area contributed by atoms with Crippen molar-refractivity contribution >= 4 is 15.9 Å². The first-order chi connectivity index (χ1) is 6.33. The van der Waals surface area contributed by atoms with Gasteiger partial charge in [0, 0.05) is 17.9 Å². The van der Waals surface area contributed by atoms with E-state index in [0.29, 0.717) is 0 Å². The van der Waals surface area contributed by atoms with Crippen molar-refractivity contribution in [3.8, 4) is 0 Å². The molecule has 0 aromatic heterocycles. The largest absolute Gasteiger partial charge is 0.384 e. The van der Waals surface area contributed by atoms with Gasteiger partial charge in [-0.2, -0.15) is 0 Å². The molecule has 0 heterocycles. The maximum atomic E-state index is 5.70. The number of alkyl halides is 1. The molecule has 0 aromatic carbocycles. The Labute approximate surface area is 96.5 Å². The average Bonchev–Trinajstić information content (AvgIpc) is 2.03. The van der Waals surface area contributed by atoms with Gasteiger partial charge in [-0.3, -0.25) is 0 Å². The van der Waals surface area contributed by atoms with Crippen molar-refractivity contribution < 1.29 is 9.47 Å². The lowest BCUT2D eigenvalue weighted by atomic mass is 9.95. The number of ether oxygens (including phenoxy) is 2. The third-order valence-corrected chi connectivity index (χ3v) is 3.40. The van der Waals surface area contributed by atoms with Crippen LogP contribution >= 0.6 is 15.9 Å². The molecule has 2 nitrogen and oxygen atoms in total. The Balaban J connectivity index is 3.73. The lowest BCUT2D eigenvalue weighted by Gasteiger charge is -2.27. The first-order valence-electron chi connectivity index (χ1n) is 4.96. The lowest BCUT2D eigenvalue weighted by molar-refractivity contribution is -0.0100. The van der Waals surface area contributed by atoms with Crippen LogP contribution in [-0.4, -0.2) is 32.3 Å². The summed E-state index contributed by atoms with van der Waals surface area (Å²) in [6, 6.07) is 0. The summed E-state index contributed by atoms with van der Waals surface area (Å²) < 4.78 is 10.8. The smallest absolute Gasteiger partial charge is 0.0539 e. The Kier molecular flexibility index (Phi) is 6.26. The van der Waals surface area contributed by atoms with Gasteiger partial charge in [-0.1, -0.05) is 43.6 Å². The number of halogens is 1. The molecule has 0 unspecified atom stereocenters. The number of methoxy groups -OCH3 is 1. The highest BCUT2D eigenvalue weighted by Crippen LogP contribution is 2.21. The van der Waals surface area contributed by atoms with E-state index in [1.54, 1.807) is 7.11 Å². The Morgan fingerprint density at radius 2 is 1.43 bits per heavy atom. The number of rotatable bonds is 7. The molecule has 86 valence electrons. The molecule has 0 aliphatic heterocycles. The van der Waals surface area contributed by atoms with Crippen molar-refractivity contribution in [2.24, 2.45) is 10.8 Å². The van der Waals surface area contributed by atoms with Gasteiger partial charge in [0.2, 0.25) is 0 Å². The molecule has 0 atom stereocenters. The minimum atomic E-state index is 0.108. The van der Waals surface area contributed by atoms with Crippen LogP contribution < -0.4 is 0 Å². The molecule has 0 aliphatic rings. The van der Waals surface area contributed by atoms with Crippen LogP contribution in [0.15, 0.2) is 0 Å². The molecule has 0 aromatic rings. The minimum Gasteiger partial charge on any atom is -0.384 e. The average molecular weight is 267 g/mol. The SMILES string of the molecule is COCC(C)(C)COCC(C)(C)CBr. The van der Waals surface area contributed by atoms with Gasteiger partial charge in [-0.25, -0.2) is 0 Å². The first-order valence-corrected chi connectivity index (χ1v) is 6.08. The second kappa shape index (κ2) is 6.09. The predicted octanol–water partition coefficient (Wildman–Crippen LogP) is 3.10. The van der Waals surface area contributed by atoms with Gasteiger partial charge < -0.3 is 9.47 Å². The second-order valence-corrected chi connectivity index (χ2v) is 5.95. The fourth-order valence-corrected chi connectivity index (χ4v) is 1.24. The van der Waals surface area contributed by atoms with Gasteiger partial charge in [0.25, 0.3) is 0 Å². The molecule has 0 N–H and O–H groups in total. The van der Waals surface area contributed by atoms with E-state index in [4.69, 9.17) is 9.47 Å². The molecule has 0 radical (unpaired) electrons. The third kappa shape index (κ3) is 6.80. The van der Waals surface area contributed by atoms with Crippen molar-refractivity contribution in [1.29, 1.82) is 0 Å². The first kappa shape index (κ1) is 14.4. The van der Waals surface area contributed by atoms with E-state index in [1.165, 1.54) is 0 Å². The van der Waals surface area contributed by atoms with E-state index in [-0.39, 0.29) is 10.8 Å². The van der Waals surface area contributed by atoms with Crippen LogP contribution in [0.25, 0.3) is 0 Å². The van der Waals surface area contributed by atoms with Crippen LogP contribution in [0.3, 0.4) is 0 Å². The van der Waals surface area contributed by atoms with Crippen LogP contribution in [0.1, 0.15) is 27.7 Å². The summed E-state index contributed by atoms with van der Waals surface area (Å²) in [6.45, 7) is 10.9. The predicted molar refractivity (Wildman–Crippen MR) is 64.1 cm³/mol. The van der Waals surface area contributed by atoms with E-state index in [0.717, 1.165) is 25.2 Å². The van der Waals surface area contributed by atoms with Gasteiger partial charge in [-0.05, 0) is 5.41 Å². The molecule has 3 heteroatoms. The van der Waals surface area contributed by atoms with Gasteiger partial charge in [0.15, 0.2) is 0 Å². The van der Waals surface area contributed by atoms with Gasteiger partial charge in [0.1, 0.15) is 0 Å². The van der Waals surface area contributed by atoms with E-state index in [2.05, 4.69) is 43.6 Å². The van der Waals surface area contributed by atoms with E-state index < -0.39 is 0 Å². The van der Waals surface area contributed by atoms with Crippen LogP contribution in [0.2, 0.25) is 0 Å². The summed E-state index contributed by atoms with van der Waals surface area (Å²) in [4.78, 5) is 0. The zero-order chi connectivity index (χ0) is 11.2. The summed E-state index contributed by atoms with van der Waals surface area (Å²) >= 11 is 3.48. The van der Waals surface area contributed by atoms with Crippen LogP contribution in [0, 0.1) is 10.8 Å². The highest BCUT2D eigenvalue weighted by Gasteiger charge is 2.21. The van der Waals surface area contributed by atoms with Crippen molar-refractivity contribution in [2.45, 2.75) is 27.7 Å². The Bertz CT molecular complexity index is 155. The van der Waals surface area contributed by atoms with Crippen molar-refractivity contribution in [3.63, 3.8) is 0 Å². The topological polar surface area (TPSA) is 18.5 Å². The fraction of sp³-hybridized carbons (Fsp3) is 1.00. The molecule has 0 amide bonds. The molecular formula is C11H23BrO2. The zero-order valence-electron chi connectivity index (χ0n) is 10.0. The normalized spacial score (nSPS) is 13.3. The van der Waals surface area contributed by atoms with E-state index >= 15 is 0 Å². The van der Waals surface area contributed by atoms with Gasteiger partial charge in [0.05, 0.1) is 19.8 Å². The fourth-order valence-electron chi connectivity index (χ4n) is 1.07. The van der Waals surface area contributed by atoms with E-state index in [9.17, 15) is 0 Å². The van der Waals surface area contributed by atoms with Crippen molar-refractivity contribution in [3.05, 3.63) is 0 Å². The minimum absolute atomic E-state index is 0.108. The molecule has 0 aliphatic carbocycles. The maximum Gasteiger partial charge on any atom is 0.0539 e. The molecule has 0 saturated carbocycles. The zero-order valence-corrected chi connectivity index (χ0v) is 11.6. The van der Waals surface area contributed by atoms with Crippen LogP contribution in [0.5, 0.6) is 0 Å². The second-order valence-electron chi connectivity index (χ2n) is 5.39. The van der Waals surface area contributed by atoms with Gasteiger partial charge in [-0.15, -0.1) is 0 Å². The number of hydrogen-bond donors (Lipinski definition) is 0. The molecule has 14 heavy (non-hydrogen) atoms. The summed E-state index contributed by atoms with van der Waals surface area (Å²) in [7, 11) is 1.73. The standard InChI is InChI=1S/C11H23BrO2/c1-10(2,6-12)8-14-9-11(3,4)7-13-5/h6-9H2,1-5H3. The molecule has 0 spiro atoms. The lowest BCUT2D eigenvalue weighted by Crippen LogP contribution is -2.29. The molecule has 0 fully saturated rings. The number of hydrogen-bond acceptors (Lipinski definition) is 2. The van der Waals surface area contributed by atoms with Crippen LogP contribution in [0.4, 0.5) is 0 Å². The van der Waals surface area contributed by atoms with Gasteiger partial charge >= 0.3 is 0 Å². The van der Waals surface area contributed by atoms with Crippen LogP contribution in [-0.2, 0) is 9.47 Å². The molecule has 0 rings (SSSR count). The summed E-state index contributed by atoms with van der Waals surface area (Å²) in [5.74, 6) is 0. The monoisotopic (exact) mass is 266 g/mol. The summed E-state index contributed by atoms with van der Waals surface area (Å²) in [5, 5.41) is 0.963. The Hall–Kier alpha value is 0.400. The quantitative estimate of drug-likeness (QED) is 0.660. The Morgan fingerprint density at radius 3 is 1.86 bits per heavy atom. The third-order valence-electron chi connectivity index (χ3n) is 1.88. The highest BCUT2D eigenvalue weighted by molar-refractivity contribution is 9.09. The molecule has 0 bridgehead atoms. The van der Waals surface area contributed by atoms with Crippen molar-refractivity contribution in [2.75, 3.05) is 32.3 Å². The summed E-state index contributed by atoms with van der Waals surface area (Å²) in [6.07, 6.45) is 0. The summed E-state index contributed by atoms with van der Waals surface area (Å²) in [5.41, 5.74) is 0.320.